The lowest BCUT2D eigenvalue weighted by atomic mass is 10.1. The maximum Gasteiger partial charge on any atom is 0.244 e. The van der Waals surface area contributed by atoms with Gasteiger partial charge < -0.3 is 15.4 Å². The molecule has 0 aliphatic rings. The standard InChI is InChI=1S/C18H16N2O2/c21-15-7-8-17-16(10-15)14(12-19-17)6-9-18(22)20-11-13-4-2-1-3-5-13/h1-10,12,19,21H,11H2,(H,20,22). The molecule has 0 unspecified atom stereocenters. The summed E-state index contributed by atoms with van der Waals surface area (Å²) in [6.45, 7) is 0.499. The van der Waals surface area contributed by atoms with Crippen molar-refractivity contribution in [2.75, 3.05) is 0 Å². The molecule has 3 rings (SSSR count). The Hall–Kier alpha value is -3.01. The highest BCUT2D eigenvalue weighted by molar-refractivity contribution is 5.96. The molecule has 0 aliphatic heterocycles. The zero-order valence-corrected chi connectivity index (χ0v) is 11.9. The fraction of sp³-hybridized carbons (Fsp3) is 0.0556. The summed E-state index contributed by atoms with van der Waals surface area (Å²) in [6, 6.07) is 14.9. The van der Waals surface area contributed by atoms with Crippen LogP contribution in [0.1, 0.15) is 11.1 Å². The van der Waals surface area contributed by atoms with Crippen LogP contribution in [0.15, 0.2) is 60.8 Å². The summed E-state index contributed by atoms with van der Waals surface area (Å²) in [4.78, 5) is 15.0. The molecule has 4 nitrogen and oxygen atoms in total. The van der Waals surface area contributed by atoms with Crippen LogP contribution in [0.4, 0.5) is 0 Å². The molecule has 0 bridgehead atoms. The van der Waals surface area contributed by atoms with Gasteiger partial charge in [-0.1, -0.05) is 30.3 Å². The van der Waals surface area contributed by atoms with E-state index in [4.69, 9.17) is 0 Å². The molecule has 0 atom stereocenters. The number of rotatable bonds is 4. The Balaban J connectivity index is 1.67. The number of aromatic amines is 1. The third-order valence-corrected chi connectivity index (χ3v) is 3.42. The van der Waals surface area contributed by atoms with Gasteiger partial charge in [0.1, 0.15) is 5.75 Å². The Labute approximate surface area is 128 Å². The lowest BCUT2D eigenvalue weighted by molar-refractivity contribution is -0.116. The molecule has 22 heavy (non-hydrogen) atoms. The number of carbonyl (C=O) groups is 1. The van der Waals surface area contributed by atoms with Crippen LogP contribution in [0, 0.1) is 0 Å². The highest BCUT2D eigenvalue weighted by Crippen LogP contribution is 2.23. The van der Waals surface area contributed by atoms with Crippen LogP contribution in [-0.2, 0) is 11.3 Å². The van der Waals surface area contributed by atoms with E-state index in [9.17, 15) is 9.90 Å². The number of hydrogen-bond acceptors (Lipinski definition) is 2. The van der Waals surface area contributed by atoms with Gasteiger partial charge in [0.05, 0.1) is 0 Å². The summed E-state index contributed by atoms with van der Waals surface area (Å²) in [6.07, 6.45) is 5.04. The zero-order chi connectivity index (χ0) is 15.4. The molecule has 3 N–H and O–H groups in total. The van der Waals surface area contributed by atoms with Crippen molar-refractivity contribution in [1.29, 1.82) is 0 Å². The van der Waals surface area contributed by atoms with E-state index in [0.717, 1.165) is 22.0 Å². The number of fused-ring (bicyclic) bond motifs is 1. The lowest BCUT2D eigenvalue weighted by Crippen LogP contribution is -2.20. The molecule has 1 amide bonds. The fourth-order valence-corrected chi connectivity index (χ4v) is 2.28. The summed E-state index contributed by atoms with van der Waals surface area (Å²) in [5.74, 6) is 0.0497. The van der Waals surface area contributed by atoms with Crippen LogP contribution < -0.4 is 5.32 Å². The first-order valence-electron chi connectivity index (χ1n) is 7.02. The number of benzene rings is 2. The van der Waals surface area contributed by atoms with Crippen molar-refractivity contribution in [1.82, 2.24) is 10.3 Å². The summed E-state index contributed by atoms with van der Waals surface area (Å²) in [7, 11) is 0. The third kappa shape index (κ3) is 3.17. The molecule has 110 valence electrons. The predicted molar refractivity (Wildman–Crippen MR) is 87.3 cm³/mol. The van der Waals surface area contributed by atoms with Crippen molar-refractivity contribution in [3.8, 4) is 5.75 Å². The first kappa shape index (κ1) is 13.9. The number of H-pyrrole nitrogens is 1. The Morgan fingerprint density at radius 3 is 2.82 bits per heavy atom. The van der Waals surface area contributed by atoms with Gasteiger partial charge in [-0.15, -0.1) is 0 Å². The Morgan fingerprint density at radius 1 is 1.18 bits per heavy atom. The van der Waals surface area contributed by atoms with Gasteiger partial charge in [-0.2, -0.15) is 0 Å². The first-order valence-corrected chi connectivity index (χ1v) is 7.02. The number of hydrogen-bond donors (Lipinski definition) is 3. The Bertz CT molecular complexity index is 819. The minimum atomic E-state index is -0.154. The Morgan fingerprint density at radius 2 is 2.00 bits per heavy atom. The van der Waals surface area contributed by atoms with Crippen molar-refractivity contribution in [3.63, 3.8) is 0 Å². The number of phenols is 1. The second kappa shape index (κ2) is 6.18. The van der Waals surface area contributed by atoms with Crippen molar-refractivity contribution in [2.24, 2.45) is 0 Å². The quantitative estimate of drug-likeness (QED) is 0.646. The van der Waals surface area contributed by atoms with E-state index < -0.39 is 0 Å². The minimum Gasteiger partial charge on any atom is -0.508 e. The van der Waals surface area contributed by atoms with Gasteiger partial charge in [0.2, 0.25) is 5.91 Å². The van der Waals surface area contributed by atoms with E-state index in [2.05, 4.69) is 10.3 Å². The van der Waals surface area contributed by atoms with Crippen molar-refractivity contribution >= 4 is 22.9 Å². The molecule has 4 heteroatoms. The van der Waals surface area contributed by atoms with Crippen molar-refractivity contribution < 1.29 is 9.90 Å². The minimum absolute atomic E-state index is 0.154. The van der Waals surface area contributed by atoms with Gasteiger partial charge in [0.25, 0.3) is 0 Å². The van der Waals surface area contributed by atoms with E-state index in [0.29, 0.717) is 6.54 Å². The van der Waals surface area contributed by atoms with Gasteiger partial charge in [-0.25, -0.2) is 0 Å². The lowest BCUT2D eigenvalue weighted by Gasteiger charge is -2.01. The van der Waals surface area contributed by atoms with Crippen LogP contribution in [0.3, 0.4) is 0 Å². The predicted octanol–water partition coefficient (Wildman–Crippen LogP) is 3.20. The maximum absolute atomic E-state index is 11.9. The smallest absolute Gasteiger partial charge is 0.244 e. The normalized spacial score (nSPS) is 11.1. The SMILES string of the molecule is O=C(C=Cc1c[nH]c2ccc(O)cc12)NCc1ccccc1. The van der Waals surface area contributed by atoms with Gasteiger partial charge >= 0.3 is 0 Å². The molecule has 0 fully saturated rings. The number of nitrogens with one attached hydrogen (secondary N) is 2. The van der Waals surface area contributed by atoms with Gasteiger partial charge in [-0.05, 0) is 29.8 Å². The van der Waals surface area contributed by atoms with Crippen molar-refractivity contribution in [3.05, 3.63) is 71.9 Å². The summed E-state index contributed by atoms with van der Waals surface area (Å²) in [5, 5.41) is 13.3. The molecule has 1 heterocycles. The number of amides is 1. The molecule has 0 radical (unpaired) electrons. The number of aromatic hydroxyl groups is 1. The summed E-state index contributed by atoms with van der Waals surface area (Å²) >= 11 is 0. The van der Waals surface area contributed by atoms with Crippen LogP contribution >= 0.6 is 0 Å². The first-order chi connectivity index (χ1) is 10.7. The monoisotopic (exact) mass is 292 g/mol. The van der Waals surface area contributed by atoms with Gasteiger partial charge in [0, 0.05) is 35.3 Å². The van der Waals surface area contributed by atoms with E-state index >= 15 is 0 Å². The molecule has 2 aromatic carbocycles. The average Bonchev–Trinajstić information content (AvgIpc) is 2.94. The summed E-state index contributed by atoms with van der Waals surface area (Å²) in [5.41, 5.74) is 2.84. The molecule has 0 saturated heterocycles. The molecule has 3 aromatic rings. The van der Waals surface area contributed by atoms with E-state index in [1.165, 1.54) is 6.08 Å². The molecular formula is C18H16N2O2. The second-order valence-corrected chi connectivity index (χ2v) is 5.01. The van der Waals surface area contributed by atoms with Crippen LogP contribution in [0.2, 0.25) is 0 Å². The Kier molecular flexibility index (Phi) is 3.92. The molecule has 0 aliphatic carbocycles. The zero-order valence-electron chi connectivity index (χ0n) is 11.9. The molecule has 0 spiro atoms. The third-order valence-electron chi connectivity index (χ3n) is 3.42. The number of carbonyl (C=O) groups excluding carboxylic acids is 1. The maximum atomic E-state index is 11.9. The van der Waals surface area contributed by atoms with E-state index in [1.54, 1.807) is 24.3 Å². The van der Waals surface area contributed by atoms with Crippen LogP contribution in [-0.4, -0.2) is 16.0 Å². The summed E-state index contributed by atoms with van der Waals surface area (Å²) < 4.78 is 0. The van der Waals surface area contributed by atoms with E-state index in [1.807, 2.05) is 36.5 Å². The van der Waals surface area contributed by atoms with Gasteiger partial charge in [-0.3, -0.25) is 4.79 Å². The second-order valence-electron chi connectivity index (χ2n) is 5.01. The largest absolute Gasteiger partial charge is 0.508 e. The van der Waals surface area contributed by atoms with Gasteiger partial charge in [0.15, 0.2) is 0 Å². The number of phenolic OH excluding ortho intramolecular Hbond substituents is 1. The number of aromatic nitrogens is 1. The highest BCUT2D eigenvalue weighted by Gasteiger charge is 2.02. The molecular weight excluding hydrogens is 276 g/mol. The van der Waals surface area contributed by atoms with E-state index in [-0.39, 0.29) is 11.7 Å². The van der Waals surface area contributed by atoms with Crippen LogP contribution in [0.5, 0.6) is 5.75 Å². The average molecular weight is 292 g/mol. The highest BCUT2D eigenvalue weighted by atomic mass is 16.3. The molecule has 1 aromatic heterocycles. The topological polar surface area (TPSA) is 65.1 Å². The fourth-order valence-electron chi connectivity index (χ4n) is 2.28. The molecule has 0 saturated carbocycles. The van der Waals surface area contributed by atoms with Crippen LogP contribution in [0.25, 0.3) is 17.0 Å². The van der Waals surface area contributed by atoms with Crippen molar-refractivity contribution in [2.45, 2.75) is 6.54 Å².